The van der Waals surface area contributed by atoms with Gasteiger partial charge in [0.2, 0.25) is 0 Å². The fraction of sp³-hybridized carbons (Fsp3) is 0. The molecule has 0 radical (unpaired) electrons. The van der Waals surface area contributed by atoms with Crippen LogP contribution in [0.2, 0.25) is 0 Å². The third kappa shape index (κ3) is 1.17. The fourth-order valence-electron chi connectivity index (χ4n) is 1.36. The molecule has 0 aromatic carbocycles. The third-order valence-corrected chi connectivity index (χ3v) is 2.00. The molecule has 14 heavy (non-hydrogen) atoms. The number of carboxylic acid groups (broad SMARTS) is 1. The van der Waals surface area contributed by atoms with Crippen molar-refractivity contribution in [3.05, 3.63) is 52.4 Å². The Morgan fingerprint density at radius 2 is 2.00 bits per heavy atom. The van der Waals surface area contributed by atoms with Gasteiger partial charge in [0.25, 0.3) is 5.56 Å². The van der Waals surface area contributed by atoms with Crippen molar-refractivity contribution in [3.8, 4) is 0 Å². The molecule has 2 rings (SSSR count). The Morgan fingerprint density at radius 1 is 1.21 bits per heavy atom. The van der Waals surface area contributed by atoms with E-state index in [9.17, 15) is 9.59 Å². The predicted octanol–water partition coefficient (Wildman–Crippen LogP) is 0.998. The lowest BCUT2D eigenvalue weighted by Crippen LogP contribution is -2.14. The standard InChI is InChI=1S/C10H7NO3/c12-9-5-4-7(10(13)14)8-3-1-2-6-11(8)9/h1-6H,(H,13,14). The molecule has 2 heterocycles. The number of hydrogen-bond donors (Lipinski definition) is 1. The maximum atomic E-state index is 11.3. The van der Waals surface area contributed by atoms with E-state index in [-0.39, 0.29) is 11.1 Å². The summed E-state index contributed by atoms with van der Waals surface area (Å²) in [6, 6.07) is 7.54. The van der Waals surface area contributed by atoms with E-state index in [1.54, 1.807) is 24.4 Å². The van der Waals surface area contributed by atoms with Crippen LogP contribution in [0.3, 0.4) is 0 Å². The molecule has 0 fully saturated rings. The summed E-state index contributed by atoms with van der Waals surface area (Å²) in [7, 11) is 0. The molecular formula is C10H7NO3. The molecule has 0 aliphatic rings. The molecule has 0 amide bonds. The molecule has 0 aliphatic heterocycles. The summed E-state index contributed by atoms with van der Waals surface area (Å²) in [6.45, 7) is 0. The van der Waals surface area contributed by atoms with Gasteiger partial charge in [-0.2, -0.15) is 0 Å². The highest BCUT2D eigenvalue weighted by Crippen LogP contribution is 2.07. The number of rotatable bonds is 1. The minimum Gasteiger partial charge on any atom is -0.478 e. The monoisotopic (exact) mass is 189 g/mol. The number of nitrogens with zero attached hydrogens (tertiary/aromatic N) is 1. The van der Waals surface area contributed by atoms with Crippen LogP contribution in [0.1, 0.15) is 10.4 Å². The molecule has 0 unspecified atom stereocenters. The summed E-state index contributed by atoms with van der Waals surface area (Å²) in [6.07, 6.45) is 1.55. The quantitative estimate of drug-likeness (QED) is 0.727. The molecule has 0 aliphatic carbocycles. The highest BCUT2D eigenvalue weighted by Gasteiger charge is 2.08. The average Bonchev–Trinajstić information content (AvgIpc) is 2.18. The molecule has 1 N–H and O–H groups in total. The Bertz CT molecular complexity index is 557. The van der Waals surface area contributed by atoms with Crippen molar-refractivity contribution >= 4 is 11.5 Å². The van der Waals surface area contributed by atoms with E-state index in [1.165, 1.54) is 16.5 Å². The minimum atomic E-state index is -1.03. The first-order valence-electron chi connectivity index (χ1n) is 4.04. The van der Waals surface area contributed by atoms with Crippen molar-refractivity contribution in [2.24, 2.45) is 0 Å². The zero-order valence-corrected chi connectivity index (χ0v) is 7.18. The average molecular weight is 189 g/mol. The van der Waals surface area contributed by atoms with E-state index in [2.05, 4.69) is 0 Å². The number of carboxylic acids is 1. The van der Waals surface area contributed by atoms with E-state index in [0.29, 0.717) is 5.52 Å². The maximum Gasteiger partial charge on any atom is 0.337 e. The van der Waals surface area contributed by atoms with Gasteiger partial charge >= 0.3 is 5.97 Å². The van der Waals surface area contributed by atoms with Gasteiger partial charge in [0, 0.05) is 12.3 Å². The van der Waals surface area contributed by atoms with Gasteiger partial charge in [-0.15, -0.1) is 0 Å². The summed E-state index contributed by atoms with van der Waals surface area (Å²) in [5.74, 6) is -1.03. The number of fused-ring (bicyclic) bond motifs is 1. The molecule has 0 atom stereocenters. The Kier molecular flexibility index (Phi) is 1.81. The predicted molar refractivity (Wildman–Crippen MR) is 50.6 cm³/mol. The van der Waals surface area contributed by atoms with Gasteiger partial charge in [-0.3, -0.25) is 9.20 Å². The summed E-state index contributed by atoms with van der Waals surface area (Å²) in [5, 5.41) is 8.86. The van der Waals surface area contributed by atoms with Gasteiger partial charge in [-0.05, 0) is 18.2 Å². The zero-order chi connectivity index (χ0) is 10.1. The van der Waals surface area contributed by atoms with Crippen molar-refractivity contribution in [3.63, 3.8) is 0 Å². The van der Waals surface area contributed by atoms with E-state index in [4.69, 9.17) is 5.11 Å². The van der Waals surface area contributed by atoms with Gasteiger partial charge < -0.3 is 5.11 Å². The maximum absolute atomic E-state index is 11.3. The van der Waals surface area contributed by atoms with Crippen LogP contribution < -0.4 is 5.56 Å². The molecule has 4 heteroatoms. The van der Waals surface area contributed by atoms with Crippen molar-refractivity contribution in [2.75, 3.05) is 0 Å². The van der Waals surface area contributed by atoms with Gasteiger partial charge in [0.1, 0.15) is 0 Å². The Hall–Kier alpha value is -2.10. The summed E-state index contributed by atoms with van der Waals surface area (Å²) in [4.78, 5) is 22.1. The first kappa shape index (κ1) is 8.50. The molecule has 0 spiro atoms. The molecule has 2 aromatic rings. The highest BCUT2D eigenvalue weighted by atomic mass is 16.4. The van der Waals surface area contributed by atoms with Crippen molar-refractivity contribution in [1.29, 1.82) is 0 Å². The number of aromatic nitrogens is 1. The lowest BCUT2D eigenvalue weighted by Gasteiger charge is -2.02. The number of carbonyl (C=O) groups is 1. The number of hydrogen-bond acceptors (Lipinski definition) is 2. The van der Waals surface area contributed by atoms with Crippen LogP contribution in [0.25, 0.3) is 5.52 Å². The molecule has 0 saturated heterocycles. The van der Waals surface area contributed by atoms with Crippen LogP contribution in [0, 0.1) is 0 Å². The topological polar surface area (TPSA) is 58.8 Å². The van der Waals surface area contributed by atoms with Gasteiger partial charge in [-0.25, -0.2) is 4.79 Å². The van der Waals surface area contributed by atoms with E-state index >= 15 is 0 Å². The molecule has 0 bridgehead atoms. The highest BCUT2D eigenvalue weighted by molar-refractivity contribution is 5.95. The van der Waals surface area contributed by atoms with Crippen LogP contribution in [0.15, 0.2) is 41.3 Å². The molecule has 4 nitrogen and oxygen atoms in total. The second kappa shape index (κ2) is 2.99. The first-order valence-corrected chi connectivity index (χ1v) is 4.04. The number of pyridine rings is 2. The van der Waals surface area contributed by atoms with Crippen molar-refractivity contribution < 1.29 is 9.90 Å². The summed E-state index contributed by atoms with van der Waals surface area (Å²) >= 11 is 0. The Balaban J connectivity index is 2.96. The van der Waals surface area contributed by atoms with Crippen LogP contribution in [0.5, 0.6) is 0 Å². The van der Waals surface area contributed by atoms with Gasteiger partial charge in [0.15, 0.2) is 0 Å². The van der Waals surface area contributed by atoms with Gasteiger partial charge in [0.05, 0.1) is 11.1 Å². The fourth-order valence-corrected chi connectivity index (χ4v) is 1.36. The van der Waals surface area contributed by atoms with Gasteiger partial charge in [-0.1, -0.05) is 6.07 Å². The number of aromatic carboxylic acids is 1. The van der Waals surface area contributed by atoms with Crippen LogP contribution in [-0.4, -0.2) is 15.5 Å². The molecule has 0 saturated carbocycles. The van der Waals surface area contributed by atoms with Crippen LogP contribution >= 0.6 is 0 Å². The second-order valence-corrected chi connectivity index (χ2v) is 2.85. The molecule has 70 valence electrons. The van der Waals surface area contributed by atoms with E-state index in [1.807, 2.05) is 0 Å². The summed E-state index contributed by atoms with van der Waals surface area (Å²) in [5.41, 5.74) is 0.309. The lowest BCUT2D eigenvalue weighted by atomic mass is 10.2. The smallest absolute Gasteiger partial charge is 0.337 e. The van der Waals surface area contributed by atoms with Crippen LogP contribution in [0.4, 0.5) is 0 Å². The zero-order valence-electron chi connectivity index (χ0n) is 7.18. The third-order valence-electron chi connectivity index (χ3n) is 2.00. The van der Waals surface area contributed by atoms with Crippen molar-refractivity contribution in [1.82, 2.24) is 4.40 Å². The Morgan fingerprint density at radius 3 is 2.71 bits per heavy atom. The molecule has 2 aromatic heterocycles. The minimum absolute atomic E-state index is 0.130. The van der Waals surface area contributed by atoms with E-state index < -0.39 is 5.97 Å². The normalized spacial score (nSPS) is 10.3. The lowest BCUT2D eigenvalue weighted by molar-refractivity contribution is 0.0698. The SMILES string of the molecule is O=C(O)c1ccc(=O)n2ccccc12. The van der Waals surface area contributed by atoms with Crippen LogP contribution in [-0.2, 0) is 0 Å². The largest absolute Gasteiger partial charge is 0.478 e. The summed E-state index contributed by atoms with van der Waals surface area (Å²) < 4.78 is 1.31. The first-order chi connectivity index (χ1) is 6.70. The van der Waals surface area contributed by atoms with E-state index in [0.717, 1.165) is 0 Å². The Labute approximate surface area is 79.0 Å². The second-order valence-electron chi connectivity index (χ2n) is 2.85. The van der Waals surface area contributed by atoms with Crippen molar-refractivity contribution in [2.45, 2.75) is 0 Å². The molecular weight excluding hydrogens is 182 g/mol.